The van der Waals surface area contributed by atoms with E-state index in [1.54, 1.807) is 17.3 Å². The zero-order valence-electron chi connectivity index (χ0n) is 11.9. The number of carbonyl (C=O) groups is 2. The van der Waals surface area contributed by atoms with E-state index in [0.717, 1.165) is 30.2 Å². The van der Waals surface area contributed by atoms with Gasteiger partial charge in [0.1, 0.15) is 0 Å². The summed E-state index contributed by atoms with van der Waals surface area (Å²) >= 11 is 1.88. The van der Waals surface area contributed by atoms with Crippen LogP contribution in [0.15, 0.2) is 24.5 Å². The van der Waals surface area contributed by atoms with Crippen LogP contribution >= 0.6 is 11.8 Å². The Morgan fingerprint density at radius 2 is 2.19 bits per heavy atom. The first kappa shape index (κ1) is 14.4. The summed E-state index contributed by atoms with van der Waals surface area (Å²) in [7, 11) is 0. The molecule has 5 nitrogen and oxygen atoms in total. The first-order valence-electron chi connectivity index (χ1n) is 7.27. The molecule has 1 aromatic heterocycles. The minimum atomic E-state index is -0.169. The molecule has 112 valence electrons. The molecule has 0 spiro atoms. The molecule has 2 saturated heterocycles. The zero-order chi connectivity index (χ0) is 14.7. The molecule has 21 heavy (non-hydrogen) atoms. The van der Waals surface area contributed by atoms with E-state index in [1.807, 2.05) is 28.8 Å². The summed E-state index contributed by atoms with van der Waals surface area (Å²) in [6.07, 6.45) is 3.84. The van der Waals surface area contributed by atoms with Crippen LogP contribution in [-0.2, 0) is 16.1 Å². The average Bonchev–Trinajstić information content (AvgIpc) is 2.89. The molecule has 0 aliphatic carbocycles. The van der Waals surface area contributed by atoms with Gasteiger partial charge in [0, 0.05) is 56.5 Å². The lowest BCUT2D eigenvalue weighted by atomic mass is 10.1. The van der Waals surface area contributed by atoms with Crippen LogP contribution in [0.4, 0.5) is 0 Å². The van der Waals surface area contributed by atoms with E-state index in [9.17, 15) is 9.59 Å². The van der Waals surface area contributed by atoms with Gasteiger partial charge in [0.2, 0.25) is 11.8 Å². The fraction of sp³-hybridized carbons (Fsp3) is 0.533. The lowest BCUT2D eigenvalue weighted by Gasteiger charge is -2.28. The first-order chi connectivity index (χ1) is 10.2. The van der Waals surface area contributed by atoms with Crippen LogP contribution in [0, 0.1) is 5.92 Å². The molecule has 0 N–H and O–H groups in total. The Morgan fingerprint density at radius 1 is 1.38 bits per heavy atom. The number of rotatable bonds is 3. The maximum absolute atomic E-state index is 12.5. The highest BCUT2D eigenvalue weighted by atomic mass is 32.2. The number of nitrogens with zero attached hydrogens (tertiary/aromatic N) is 3. The Labute approximate surface area is 128 Å². The molecule has 2 aliphatic rings. The largest absolute Gasteiger partial charge is 0.341 e. The quantitative estimate of drug-likeness (QED) is 0.836. The van der Waals surface area contributed by atoms with Crippen molar-refractivity contribution in [3.63, 3.8) is 0 Å². The van der Waals surface area contributed by atoms with Crippen molar-refractivity contribution >= 4 is 23.6 Å². The third-order valence-electron chi connectivity index (χ3n) is 3.98. The number of carbonyl (C=O) groups excluding carboxylic acids is 2. The molecule has 0 radical (unpaired) electrons. The van der Waals surface area contributed by atoms with E-state index >= 15 is 0 Å². The molecule has 2 amide bonds. The molecule has 3 heterocycles. The van der Waals surface area contributed by atoms with Crippen molar-refractivity contribution in [2.75, 3.05) is 31.1 Å². The number of hydrogen-bond donors (Lipinski definition) is 0. The van der Waals surface area contributed by atoms with Crippen LogP contribution in [0.25, 0.3) is 0 Å². The van der Waals surface area contributed by atoms with Crippen LogP contribution < -0.4 is 0 Å². The Bertz CT molecular complexity index is 517. The number of thioether (sulfide) groups is 1. The van der Waals surface area contributed by atoms with Crippen molar-refractivity contribution in [1.29, 1.82) is 0 Å². The summed E-state index contributed by atoms with van der Waals surface area (Å²) in [6.45, 7) is 2.72. The van der Waals surface area contributed by atoms with Crippen molar-refractivity contribution < 1.29 is 9.59 Å². The molecule has 1 atom stereocenters. The summed E-state index contributed by atoms with van der Waals surface area (Å²) in [5, 5.41) is 0. The lowest BCUT2D eigenvalue weighted by molar-refractivity contribution is -0.135. The second-order valence-electron chi connectivity index (χ2n) is 5.47. The van der Waals surface area contributed by atoms with Crippen LogP contribution in [0.5, 0.6) is 0 Å². The second-order valence-corrected chi connectivity index (χ2v) is 6.70. The van der Waals surface area contributed by atoms with Gasteiger partial charge in [-0.1, -0.05) is 6.07 Å². The van der Waals surface area contributed by atoms with Gasteiger partial charge in [0.15, 0.2) is 0 Å². The summed E-state index contributed by atoms with van der Waals surface area (Å²) < 4.78 is 0. The highest BCUT2D eigenvalue weighted by molar-refractivity contribution is 7.99. The molecule has 0 bridgehead atoms. The standard InChI is InChI=1S/C15H19N3O2S/c19-14-8-13(15(20)17-4-6-21-7-5-17)11-18(14)10-12-2-1-3-16-9-12/h1-3,9,13H,4-8,10-11H2/t13-/m1/s1. The van der Waals surface area contributed by atoms with E-state index in [0.29, 0.717) is 19.5 Å². The predicted molar refractivity (Wildman–Crippen MR) is 81.7 cm³/mol. The first-order valence-corrected chi connectivity index (χ1v) is 8.43. The average molecular weight is 305 g/mol. The van der Waals surface area contributed by atoms with Gasteiger partial charge in [-0.05, 0) is 11.6 Å². The maximum atomic E-state index is 12.5. The van der Waals surface area contributed by atoms with Crippen LogP contribution in [0.1, 0.15) is 12.0 Å². The number of aromatic nitrogens is 1. The Hall–Kier alpha value is -1.56. The van der Waals surface area contributed by atoms with Gasteiger partial charge in [-0.25, -0.2) is 0 Å². The lowest BCUT2D eigenvalue weighted by Crippen LogP contribution is -2.42. The van der Waals surface area contributed by atoms with E-state index in [4.69, 9.17) is 0 Å². The van der Waals surface area contributed by atoms with Crippen molar-refractivity contribution in [3.8, 4) is 0 Å². The molecule has 3 rings (SSSR count). The van der Waals surface area contributed by atoms with Crippen molar-refractivity contribution in [2.45, 2.75) is 13.0 Å². The molecule has 2 aliphatic heterocycles. The topological polar surface area (TPSA) is 53.5 Å². The van der Waals surface area contributed by atoms with Gasteiger partial charge in [-0.3, -0.25) is 14.6 Å². The minimum absolute atomic E-state index is 0.0728. The zero-order valence-corrected chi connectivity index (χ0v) is 12.7. The van der Waals surface area contributed by atoms with Crippen LogP contribution in [-0.4, -0.2) is 57.7 Å². The summed E-state index contributed by atoms with van der Waals surface area (Å²) in [4.78, 5) is 32.3. The molecule has 0 unspecified atom stereocenters. The SMILES string of the molecule is O=C1C[C@@H](C(=O)N2CCSCC2)CN1Cc1cccnc1. The molecule has 6 heteroatoms. The molecule has 2 fully saturated rings. The fourth-order valence-electron chi connectivity index (χ4n) is 2.84. The molecule has 1 aromatic rings. The summed E-state index contributed by atoms with van der Waals surface area (Å²) in [5.74, 6) is 2.07. The van der Waals surface area contributed by atoms with Crippen LogP contribution in [0.3, 0.4) is 0 Å². The third-order valence-corrected chi connectivity index (χ3v) is 4.93. The number of likely N-dealkylation sites (tertiary alicyclic amines) is 1. The van der Waals surface area contributed by atoms with Gasteiger partial charge in [0.25, 0.3) is 0 Å². The van der Waals surface area contributed by atoms with Gasteiger partial charge in [0.05, 0.1) is 5.92 Å². The molecule has 0 aromatic carbocycles. The van der Waals surface area contributed by atoms with Gasteiger partial charge < -0.3 is 9.80 Å². The van der Waals surface area contributed by atoms with E-state index < -0.39 is 0 Å². The van der Waals surface area contributed by atoms with Gasteiger partial charge >= 0.3 is 0 Å². The van der Waals surface area contributed by atoms with Crippen molar-refractivity contribution in [3.05, 3.63) is 30.1 Å². The van der Waals surface area contributed by atoms with E-state index in [1.165, 1.54) is 0 Å². The van der Waals surface area contributed by atoms with Gasteiger partial charge in [-0.2, -0.15) is 11.8 Å². The maximum Gasteiger partial charge on any atom is 0.228 e. The van der Waals surface area contributed by atoms with Crippen LogP contribution in [0.2, 0.25) is 0 Å². The normalized spacial score (nSPS) is 22.7. The Morgan fingerprint density at radius 3 is 2.90 bits per heavy atom. The smallest absolute Gasteiger partial charge is 0.228 e. The highest BCUT2D eigenvalue weighted by Gasteiger charge is 2.36. The number of pyridine rings is 1. The second kappa shape index (κ2) is 6.47. The molecular formula is C15H19N3O2S. The predicted octanol–water partition coefficient (Wildman–Crippen LogP) is 1.01. The summed E-state index contributed by atoms with van der Waals surface area (Å²) in [6, 6.07) is 3.82. The van der Waals surface area contributed by atoms with E-state index in [2.05, 4.69) is 4.98 Å². The van der Waals surface area contributed by atoms with Crippen molar-refractivity contribution in [1.82, 2.24) is 14.8 Å². The third kappa shape index (κ3) is 3.37. The van der Waals surface area contributed by atoms with Gasteiger partial charge in [-0.15, -0.1) is 0 Å². The Kier molecular flexibility index (Phi) is 4.43. The molecule has 0 saturated carbocycles. The minimum Gasteiger partial charge on any atom is -0.341 e. The monoisotopic (exact) mass is 305 g/mol. The Balaban J connectivity index is 1.60. The number of hydrogen-bond acceptors (Lipinski definition) is 4. The van der Waals surface area contributed by atoms with E-state index in [-0.39, 0.29) is 17.7 Å². The summed E-state index contributed by atoms with van der Waals surface area (Å²) in [5.41, 5.74) is 1.01. The molecular weight excluding hydrogens is 286 g/mol. The highest BCUT2D eigenvalue weighted by Crippen LogP contribution is 2.23. The fourth-order valence-corrected chi connectivity index (χ4v) is 3.75. The number of amides is 2. The van der Waals surface area contributed by atoms with Crippen molar-refractivity contribution in [2.24, 2.45) is 5.92 Å².